The molecule has 0 aliphatic heterocycles. The summed E-state index contributed by atoms with van der Waals surface area (Å²) in [4.78, 5) is 13.9. The molecule has 0 N–H and O–H groups in total. The molecule has 0 radical (unpaired) electrons. The summed E-state index contributed by atoms with van der Waals surface area (Å²) in [6.45, 7) is 8.79. The predicted molar refractivity (Wildman–Crippen MR) is 129 cm³/mol. The molecule has 1 aromatic heterocycles. The third-order valence-corrected chi connectivity index (χ3v) is 5.07. The van der Waals surface area contributed by atoms with Gasteiger partial charge in [0.2, 0.25) is 0 Å². The minimum Gasteiger partial charge on any atom is -0.261 e. The molecule has 0 saturated carbocycles. The molecule has 3 heteroatoms. The lowest BCUT2D eigenvalue weighted by atomic mass is 10.0. The first-order chi connectivity index (χ1) is 14.5. The van der Waals surface area contributed by atoms with E-state index in [2.05, 4.69) is 86.2 Å². The van der Waals surface area contributed by atoms with Crippen molar-refractivity contribution in [3.05, 3.63) is 89.2 Å². The number of hydrogen-bond acceptors (Lipinski definition) is 3. The first-order valence-electron chi connectivity index (χ1n) is 10.7. The zero-order valence-electron chi connectivity index (χ0n) is 18.4. The Labute approximate surface area is 180 Å². The number of aliphatic imine (C=N–C) groups is 2. The second-order valence-electron chi connectivity index (χ2n) is 8.14. The zero-order valence-corrected chi connectivity index (χ0v) is 18.4. The fourth-order valence-corrected chi connectivity index (χ4v) is 3.14. The van der Waals surface area contributed by atoms with Gasteiger partial charge in [-0.15, -0.1) is 0 Å². The van der Waals surface area contributed by atoms with E-state index >= 15 is 0 Å². The minimum atomic E-state index is 0.540. The van der Waals surface area contributed by atoms with Gasteiger partial charge in [-0.05, 0) is 59.4 Å². The fraction of sp³-hybridized carbons (Fsp3) is 0.296. The number of rotatable bonds is 8. The molecule has 0 spiro atoms. The molecule has 2 aromatic carbocycles. The van der Waals surface area contributed by atoms with Crippen molar-refractivity contribution < 1.29 is 0 Å². The van der Waals surface area contributed by atoms with Crippen LogP contribution < -0.4 is 0 Å². The molecule has 3 aromatic rings. The molecule has 3 rings (SSSR count). The maximum atomic E-state index is 4.73. The van der Waals surface area contributed by atoms with Gasteiger partial charge in [-0.3, -0.25) is 15.0 Å². The number of aromatic nitrogens is 1. The Kier molecular flexibility index (Phi) is 7.67. The molecule has 0 bridgehead atoms. The van der Waals surface area contributed by atoms with Crippen molar-refractivity contribution in [2.45, 2.75) is 52.4 Å². The summed E-state index contributed by atoms with van der Waals surface area (Å²) in [5.41, 5.74) is 6.66. The standard InChI is InChI=1S/C27H31N3/c1-20(2)22-8-12-24(13-9-22)28-18-16-26-6-5-7-27(30-26)17-19-29-25-14-10-23(11-15-25)21(3)4/h5-15,18-21H,16-17H2,1-4H3. The zero-order chi connectivity index (χ0) is 21.3. The van der Waals surface area contributed by atoms with Crippen molar-refractivity contribution in [1.82, 2.24) is 4.98 Å². The van der Waals surface area contributed by atoms with Crippen molar-refractivity contribution in [3.8, 4) is 0 Å². The van der Waals surface area contributed by atoms with E-state index in [1.807, 2.05) is 30.6 Å². The minimum absolute atomic E-state index is 0.540. The summed E-state index contributed by atoms with van der Waals surface area (Å²) in [7, 11) is 0. The Bertz CT molecular complexity index is 903. The van der Waals surface area contributed by atoms with Crippen LogP contribution in [-0.2, 0) is 12.8 Å². The Balaban J connectivity index is 1.55. The van der Waals surface area contributed by atoms with Crippen LogP contribution in [0.15, 0.2) is 76.7 Å². The van der Waals surface area contributed by atoms with E-state index in [0.29, 0.717) is 24.7 Å². The topological polar surface area (TPSA) is 37.6 Å². The van der Waals surface area contributed by atoms with Crippen molar-refractivity contribution in [1.29, 1.82) is 0 Å². The van der Waals surface area contributed by atoms with Crippen LogP contribution in [0.25, 0.3) is 0 Å². The van der Waals surface area contributed by atoms with Gasteiger partial charge >= 0.3 is 0 Å². The van der Waals surface area contributed by atoms with Crippen LogP contribution in [0.5, 0.6) is 0 Å². The third-order valence-electron chi connectivity index (χ3n) is 5.07. The summed E-state index contributed by atoms with van der Waals surface area (Å²) in [6.07, 6.45) is 5.29. The first-order valence-corrected chi connectivity index (χ1v) is 10.7. The molecule has 154 valence electrons. The average molecular weight is 398 g/mol. The molecule has 0 unspecified atom stereocenters. The second kappa shape index (κ2) is 10.6. The van der Waals surface area contributed by atoms with Gasteiger partial charge in [-0.1, -0.05) is 58.0 Å². The van der Waals surface area contributed by atoms with E-state index in [1.165, 1.54) is 11.1 Å². The van der Waals surface area contributed by atoms with Gasteiger partial charge in [0, 0.05) is 36.7 Å². The molecule has 0 aliphatic carbocycles. The van der Waals surface area contributed by atoms with Gasteiger partial charge < -0.3 is 0 Å². The lowest BCUT2D eigenvalue weighted by Crippen LogP contribution is -1.97. The van der Waals surface area contributed by atoms with Crippen LogP contribution in [0.3, 0.4) is 0 Å². The van der Waals surface area contributed by atoms with Gasteiger partial charge in [-0.2, -0.15) is 0 Å². The van der Waals surface area contributed by atoms with E-state index in [0.717, 1.165) is 22.8 Å². The molecule has 0 saturated heterocycles. The van der Waals surface area contributed by atoms with E-state index in [9.17, 15) is 0 Å². The van der Waals surface area contributed by atoms with Crippen LogP contribution in [-0.4, -0.2) is 17.4 Å². The third kappa shape index (κ3) is 6.48. The lowest BCUT2D eigenvalue weighted by Gasteiger charge is -2.04. The van der Waals surface area contributed by atoms with Crippen molar-refractivity contribution >= 4 is 23.8 Å². The van der Waals surface area contributed by atoms with Gasteiger partial charge in [0.15, 0.2) is 0 Å². The highest BCUT2D eigenvalue weighted by Gasteiger charge is 2.00. The van der Waals surface area contributed by atoms with Crippen LogP contribution in [0, 0.1) is 0 Å². The molecule has 1 heterocycles. The van der Waals surface area contributed by atoms with Gasteiger partial charge in [-0.25, -0.2) is 0 Å². The maximum Gasteiger partial charge on any atom is 0.0626 e. The molecule has 0 fully saturated rings. The monoisotopic (exact) mass is 397 g/mol. The summed E-state index contributed by atoms with van der Waals surface area (Å²) in [5, 5.41) is 0. The van der Waals surface area contributed by atoms with Gasteiger partial charge in [0.05, 0.1) is 11.4 Å². The first kappa shape index (κ1) is 21.6. The fourth-order valence-electron chi connectivity index (χ4n) is 3.14. The summed E-state index contributed by atoms with van der Waals surface area (Å²) in [5.74, 6) is 1.08. The summed E-state index contributed by atoms with van der Waals surface area (Å²) >= 11 is 0. The number of benzene rings is 2. The number of hydrogen-bond donors (Lipinski definition) is 0. The van der Waals surface area contributed by atoms with E-state index in [-0.39, 0.29) is 0 Å². The van der Waals surface area contributed by atoms with Crippen LogP contribution in [0.2, 0.25) is 0 Å². The van der Waals surface area contributed by atoms with Crippen molar-refractivity contribution in [2.24, 2.45) is 9.98 Å². The molecule has 3 nitrogen and oxygen atoms in total. The molecule has 0 aliphatic rings. The molecular formula is C27H31N3. The largest absolute Gasteiger partial charge is 0.261 e. The smallest absolute Gasteiger partial charge is 0.0626 e. The normalized spacial score (nSPS) is 11.9. The molecule has 0 atom stereocenters. The van der Waals surface area contributed by atoms with Crippen LogP contribution in [0.1, 0.15) is 62.0 Å². The summed E-state index contributed by atoms with van der Waals surface area (Å²) in [6, 6.07) is 23.0. The van der Waals surface area contributed by atoms with E-state index in [4.69, 9.17) is 4.98 Å². The lowest BCUT2D eigenvalue weighted by molar-refractivity contribution is 0.867. The van der Waals surface area contributed by atoms with Crippen LogP contribution in [0.4, 0.5) is 11.4 Å². The van der Waals surface area contributed by atoms with Gasteiger partial charge in [0.1, 0.15) is 0 Å². The SMILES string of the molecule is CC(C)c1ccc(N=CCc2cccc(CC=Nc3ccc(C(C)C)cc3)n2)cc1. The molecular weight excluding hydrogens is 366 g/mol. The Morgan fingerprint density at radius 1 is 0.633 bits per heavy atom. The van der Waals surface area contributed by atoms with Gasteiger partial charge in [0.25, 0.3) is 0 Å². The van der Waals surface area contributed by atoms with E-state index < -0.39 is 0 Å². The highest BCUT2D eigenvalue weighted by molar-refractivity contribution is 5.67. The van der Waals surface area contributed by atoms with Crippen LogP contribution >= 0.6 is 0 Å². The Hall–Kier alpha value is -3.07. The number of nitrogens with zero attached hydrogens (tertiary/aromatic N) is 3. The maximum absolute atomic E-state index is 4.73. The Morgan fingerprint density at radius 2 is 1.03 bits per heavy atom. The Morgan fingerprint density at radius 3 is 1.40 bits per heavy atom. The highest BCUT2D eigenvalue weighted by atomic mass is 14.8. The quantitative estimate of drug-likeness (QED) is 0.370. The molecule has 0 amide bonds. The summed E-state index contributed by atoms with van der Waals surface area (Å²) < 4.78 is 0. The van der Waals surface area contributed by atoms with Crippen molar-refractivity contribution in [3.63, 3.8) is 0 Å². The predicted octanol–water partition coefficient (Wildman–Crippen LogP) is 7.22. The average Bonchev–Trinajstić information content (AvgIpc) is 2.75. The highest BCUT2D eigenvalue weighted by Crippen LogP contribution is 2.19. The number of pyridine rings is 1. The second-order valence-corrected chi connectivity index (χ2v) is 8.14. The van der Waals surface area contributed by atoms with E-state index in [1.54, 1.807) is 0 Å². The van der Waals surface area contributed by atoms with Crippen molar-refractivity contribution in [2.75, 3.05) is 0 Å². The molecule has 30 heavy (non-hydrogen) atoms.